The molecule has 0 spiro atoms. The number of hydrogen-bond donors (Lipinski definition) is 1. The van der Waals surface area contributed by atoms with E-state index in [1.807, 2.05) is 6.07 Å². The van der Waals surface area contributed by atoms with E-state index in [0.717, 1.165) is 18.4 Å². The number of piperidine rings is 1. The van der Waals surface area contributed by atoms with Crippen molar-refractivity contribution in [1.29, 1.82) is 5.26 Å². The Morgan fingerprint density at radius 1 is 1.31 bits per heavy atom. The first-order valence-electron chi connectivity index (χ1n) is 8.69. The number of anilines is 1. The molecule has 1 aromatic rings. The zero-order valence-electron chi connectivity index (χ0n) is 14.6. The first-order chi connectivity index (χ1) is 12.5. The molecule has 0 aliphatic carbocycles. The molecule has 0 unspecified atom stereocenters. The molecule has 3 rings (SSSR count). The smallest absolute Gasteiger partial charge is 0.407 e. The van der Waals surface area contributed by atoms with Crippen LogP contribution in [0.3, 0.4) is 0 Å². The Morgan fingerprint density at radius 3 is 2.69 bits per heavy atom. The topological polar surface area (TPSA) is 87.9 Å². The van der Waals surface area contributed by atoms with Crippen LogP contribution in [0.5, 0.6) is 0 Å². The first-order valence-corrected chi connectivity index (χ1v) is 8.69. The number of rotatable bonds is 3. The van der Waals surface area contributed by atoms with Crippen LogP contribution in [0.4, 0.5) is 15.3 Å². The number of nitriles is 1. The lowest BCUT2D eigenvalue weighted by molar-refractivity contribution is 0.116. The molecule has 1 N–H and O–H groups in total. The van der Waals surface area contributed by atoms with Crippen LogP contribution in [0.25, 0.3) is 0 Å². The van der Waals surface area contributed by atoms with Gasteiger partial charge in [-0.1, -0.05) is 12.6 Å². The zero-order valence-corrected chi connectivity index (χ0v) is 14.6. The van der Waals surface area contributed by atoms with Crippen molar-refractivity contribution in [1.82, 2.24) is 9.80 Å². The average Bonchev–Trinajstić information content (AvgIpc) is 2.65. The highest BCUT2D eigenvalue weighted by atomic mass is 16.4. The van der Waals surface area contributed by atoms with E-state index in [4.69, 9.17) is 10.4 Å². The van der Waals surface area contributed by atoms with Crippen molar-refractivity contribution in [2.75, 3.05) is 37.6 Å². The van der Waals surface area contributed by atoms with Gasteiger partial charge < -0.3 is 14.9 Å². The number of nitrogens with zero attached hydrogens (tertiary/aromatic N) is 4. The second kappa shape index (κ2) is 7.48. The summed E-state index contributed by atoms with van der Waals surface area (Å²) in [5.74, 6) is 0.285. The number of carboxylic acid groups (broad SMARTS) is 1. The minimum Gasteiger partial charge on any atom is -0.465 e. The molecule has 2 heterocycles. The van der Waals surface area contributed by atoms with Gasteiger partial charge >= 0.3 is 12.1 Å². The third kappa shape index (κ3) is 3.80. The normalized spacial score (nSPS) is 18.8. The van der Waals surface area contributed by atoms with E-state index in [2.05, 4.69) is 12.6 Å². The van der Waals surface area contributed by atoms with Crippen molar-refractivity contribution < 1.29 is 14.7 Å². The van der Waals surface area contributed by atoms with E-state index in [1.165, 1.54) is 4.90 Å². The molecular weight excluding hydrogens is 332 g/mol. The Balaban J connectivity index is 1.69. The van der Waals surface area contributed by atoms with Crippen molar-refractivity contribution in [3.8, 4) is 6.07 Å². The van der Waals surface area contributed by atoms with Crippen LogP contribution in [0.2, 0.25) is 0 Å². The van der Waals surface area contributed by atoms with Crippen molar-refractivity contribution in [3.05, 3.63) is 42.0 Å². The van der Waals surface area contributed by atoms with Crippen LogP contribution in [0.1, 0.15) is 18.4 Å². The van der Waals surface area contributed by atoms with Crippen molar-refractivity contribution in [3.63, 3.8) is 0 Å². The molecule has 0 saturated carbocycles. The molecule has 7 nitrogen and oxygen atoms in total. The number of urea groups is 1. The van der Waals surface area contributed by atoms with Crippen LogP contribution >= 0.6 is 0 Å². The highest BCUT2D eigenvalue weighted by molar-refractivity contribution is 5.94. The zero-order chi connectivity index (χ0) is 18.7. The monoisotopic (exact) mass is 354 g/mol. The molecule has 2 aliphatic heterocycles. The summed E-state index contributed by atoms with van der Waals surface area (Å²) in [6.45, 7) is 6.64. The van der Waals surface area contributed by atoms with Crippen LogP contribution < -0.4 is 4.90 Å². The highest BCUT2D eigenvalue weighted by Crippen LogP contribution is 2.25. The van der Waals surface area contributed by atoms with E-state index in [9.17, 15) is 9.59 Å². The maximum absolute atomic E-state index is 12.9. The van der Waals surface area contributed by atoms with Crippen LogP contribution in [-0.2, 0) is 0 Å². The number of hydrogen-bond acceptors (Lipinski definition) is 3. The summed E-state index contributed by atoms with van der Waals surface area (Å²) >= 11 is 0. The molecule has 2 fully saturated rings. The lowest BCUT2D eigenvalue weighted by atomic mass is 9.96. The molecule has 136 valence electrons. The van der Waals surface area contributed by atoms with Gasteiger partial charge in [-0.3, -0.25) is 4.90 Å². The second-order valence-corrected chi connectivity index (χ2v) is 6.87. The predicted octanol–water partition coefficient (Wildman–Crippen LogP) is 2.75. The van der Waals surface area contributed by atoms with Gasteiger partial charge in [0.2, 0.25) is 0 Å². The van der Waals surface area contributed by atoms with Gasteiger partial charge in [-0.05, 0) is 42.5 Å². The largest absolute Gasteiger partial charge is 0.465 e. The standard InChI is InChI=1S/C19H22N4O3/c1-14-11-22(13-15-5-7-21(8-6-15)19(25)26)18(24)23(12-14)17-4-2-3-16(9-17)10-20/h2-4,9,15H,1,5-8,11-13H2,(H,25,26). The van der Waals surface area contributed by atoms with E-state index in [0.29, 0.717) is 44.0 Å². The van der Waals surface area contributed by atoms with E-state index < -0.39 is 6.09 Å². The Morgan fingerprint density at radius 2 is 2.04 bits per heavy atom. The second-order valence-electron chi connectivity index (χ2n) is 6.87. The van der Waals surface area contributed by atoms with Crippen molar-refractivity contribution in [2.24, 2.45) is 5.92 Å². The molecule has 2 aliphatic rings. The summed E-state index contributed by atoms with van der Waals surface area (Å²) in [5.41, 5.74) is 2.15. The summed E-state index contributed by atoms with van der Waals surface area (Å²) in [6, 6.07) is 9.01. The van der Waals surface area contributed by atoms with Gasteiger partial charge in [0.25, 0.3) is 0 Å². The highest BCUT2D eigenvalue weighted by Gasteiger charge is 2.32. The fraction of sp³-hybridized carbons (Fsp3) is 0.421. The quantitative estimate of drug-likeness (QED) is 0.846. The van der Waals surface area contributed by atoms with Crippen molar-refractivity contribution in [2.45, 2.75) is 12.8 Å². The van der Waals surface area contributed by atoms with Gasteiger partial charge in [-0.15, -0.1) is 0 Å². The predicted molar refractivity (Wildman–Crippen MR) is 96.9 cm³/mol. The molecule has 0 aromatic heterocycles. The third-order valence-corrected chi connectivity index (χ3v) is 4.95. The number of amides is 3. The number of benzene rings is 1. The Kier molecular flexibility index (Phi) is 5.12. The summed E-state index contributed by atoms with van der Waals surface area (Å²) in [6.07, 6.45) is 0.633. The average molecular weight is 354 g/mol. The minimum atomic E-state index is -0.880. The van der Waals surface area contributed by atoms with Crippen LogP contribution in [-0.4, -0.2) is 59.8 Å². The summed E-state index contributed by atoms with van der Waals surface area (Å²) < 4.78 is 0. The van der Waals surface area contributed by atoms with Gasteiger partial charge in [0.1, 0.15) is 0 Å². The molecule has 3 amide bonds. The van der Waals surface area contributed by atoms with E-state index >= 15 is 0 Å². The fourth-order valence-electron chi connectivity index (χ4n) is 3.56. The summed E-state index contributed by atoms with van der Waals surface area (Å²) in [5, 5.41) is 18.1. The van der Waals surface area contributed by atoms with Gasteiger partial charge in [0.05, 0.1) is 18.2 Å². The lowest BCUT2D eigenvalue weighted by Crippen LogP contribution is -2.52. The lowest BCUT2D eigenvalue weighted by Gasteiger charge is -2.40. The molecule has 0 atom stereocenters. The number of likely N-dealkylation sites (tertiary alicyclic amines) is 1. The maximum atomic E-state index is 12.9. The third-order valence-electron chi connectivity index (χ3n) is 4.95. The molecule has 0 radical (unpaired) electrons. The molecule has 0 bridgehead atoms. The summed E-state index contributed by atoms with van der Waals surface area (Å²) in [4.78, 5) is 28.8. The maximum Gasteiger partial charge on any atom is 0.407 e. The van der Waals surface area contributed by atoms with Crippen LogP contribution in [0.15, 0.2) is 36.4 Å². The van der Waals surface area contributed by atoms with Crippen molar-refractivity contribution >= 4 is 17.8 Å². The SMILES string of the molecule is C=C1CN(CC2CCN(C(=O)O)CC2)C(=O)N(c2cccc(C#N)c2)C1. The molecule has 26 heavy (non-hydrogen) atoms. The molecule has 2 saturated heterocycles. The Hall–Kier alpha value is -3.01. The number of carbonyl (C=O) groups is 2. The Labute approximate surface area is 152 Å². The van der Waals surface area contributed by atoms with Gasteiger partial charge in [-0.2, -0.15) is 5.26 Å². The van der Waals surface area contributed by atoms with E-state index in [-0.39, 0.29) is 11.9 Å². The number of carbonyl (C=O) groups excluding carboxylic acids is 1. The molecule has 7 heteroatoms. The minimum absolute atomic E-state index is 0.0897. The van der Waals surface area contributed by atoms with Crippen LogP contribution in [0, 0.1) is 17.2 Å². The van der Waals surface area contributed by atoms with Gasteiger partial charge in [0.15, 0.2) is 0 Å². The molecule has 1 aromatic carbocycles. The summed E-state index contributed by atoms with van der Waals surface area (Å²) in [7, 11) is 0. The van der Waals surface area contributed by atoms with Gasteiger partial charge in [0, 0.05) is 31.9 Å². The Bertz CT molecular complexity index is 762. The molecular formula is C19H22N4O3. The first kappa shape index (κ1) is 17.8. The fourth-order valence-corrected chi connectivity index (χ4v) is 3.56. The van der Waals surface area contributed by atoms with Gasteiger partial charge in [-0.25, -0.2) is 9.59 Å². The van der Waals surface area contributed by atoms with E-state index in [1.54, 1.807) is 28.0 Å².